The molecule has 0 spiro atoms. The van der Waals surface area contributed by atoms with Gasteiger partial charge >= 0.3 is 0 Å². The maximum absolute atomic E-state index is 10.5. The molecule has 3 unspecified atom stereocenters. The molecule has 3 atom stereocenters. The second kappa shape index (κ2) is 2.80. The van der Waals surface area contributed by atoms with E-state index in [1.807, 2.05) is 6.92 Å². The molecule has 2 nitrogen and oxygen atoms in total. The summed E-state index contributed by atoms with van der Waals surface area (Å²) >= 11 is -1.57. The van der Waals surface area contributed by atoms with Crippen LogP contribution in [0.1, 0.15) is 26.2 Å². The normalized spacial score (nSPS) is 38.9. The average Bonchev–Trinajstić information content (AvgIpc) is 2.13. The van der Waals surface area contributed by atoms with Crippen molar-refractivity contribution in [3.05, 3.63) is 0 Å². The number of rotatable bonds is 1. The topological polar surface area (TPSA) is 37.3 Å². The Kier molecular flexibility index (Phi) is 2.24. The van der Waals surface area contributed by atoms with Gasteiger partial charge in [-0.05, 0) is 18.8 Å². The molecule has 0 saturated heterocycles. The van der Waals surface area contributed by atoms with Crippen LogP contribution in [0.4, 0.5) is 0 Å². The minimum atomic E-state index is -1.57. The standard InChI is InChI=1S/C6H12O2S/c1-5-3-2-4-6(5)9(7)8/h5-6H,2-4H2,1H3,(H,7,8). The summed E-state index contributed by atoms with van der Waals surface area (Å²) in [5, 5.41) is 0.0602. The third-order valence-corrected chi connectivity index (χ3v) is 3.26. The summed E-state index contributed by atoms with van der Waals surface area (Å²) in [6.45, 7) is 2.05. The maximum atomic E-state index is 10.5. The van der Waals surface area contributed by atoms with Crippen molar-refractivity contribution in [2.45, 2.75) is 31.4 Å². The van der Waals surface area contributed by atoms with Gasteiger partial charge in [-0.1, -0.05) is 13.3 Å². The third kappa shape index (κ3) is 1.52. The molecule has 0 aromatic rings. The first-order chi connectivity index (χ1) is 4.22. The molecule has 9 heavy (non-hydrogen) atoms. The van der Waals surface area contributed by atoms with Crippen LogP contribution in [-0.2, 0) is 11.1 Å². The van der Waals surface area contributed by atoms with E-state index >= 15 is 0 Å². The summed E-state index contributed by atoms with van der Waals surface area (Å²) in [7, 11) is 0. The van der Waals surface area contributed by atoms with E-state index in [0.29, 0.717) is 5.92 Å². The van der Waals surface area contributed by atoms with Crippen LogP contribution in [-0.4, -0.2) is 14.0 Å². The van der Waals surface area contributed by atoms with Gasteiger partial charge in [0.25, 0.3) is 0 Å². The first-order valence-corrected chi connectivity index (χ1v) is 4.48. The molecule has 0 amide bonds. The Morgan fingerprint density at radius 3 is 2.44 bits per heavy atom. The van der Waals surface area contributed by atoms with Gasteiger partial charge in [-0.3, -0.25) is 0 Å². The van der Waals surface area contributed by atoms with E-state index in [-0.39, 0.29) is 5.25 Å². The summed E-state index contributed by atoms with van der Waals surface area (Å²) in [4.78, 5) is 0. The van der Waals surface area contributed by atoms with Crippen LogP contribution in [0.15, 0.2) is 0 Å². The van der Waals surface area contributed by atoms with E-state index in [9.17, 15) is 4.21 Å². The van der Waals surface area contributed by atoms with E-state index in [2.05, 4.69) is 0 Å². The number of hydrogen-bond acceptors (Lipinski definition) is 1. The third-order valence-electron chi connectivity index (χ3n) is 2.04. The van der Waals surface area contributed by atoms with Gasteiger partial charge in [-0.2, -0.15) is 0 Å². The van der Waals surface area contributed by atoms with Gasteiger partial charge in [0.15, 0.2) is 11.1 Å². The molecule has 0 aliphatic heterocycles. The smallest absolute Gasteiger partial charge is 0.156 e. The molecule has 54 valence electrons. The second-order valence-electron chi connectivity index (χ2n) is 2.72. The van der Waals surface area contributed by atoms with Crippen molar-refractivity contribution in [2.75, 3.05) is 0 Å². The van der Waals surface area contributed by atoms with Gasteiger partial charge in [0, 0.05) is 0 Å². The lowest BCUT2D eigenvalue weighted by molar-refractivity contribution is 0.519. The van der Waals surface area contributed by atoms with Gasteiger partial charge in [0.05, 0.1) is 5.25 Å². The Labute approximate surface area is 57.9 Å². The fraction of sp³-hybridized carbons (Fsp3) is 1.00. The Morgan fingerprint density at radius 2 is 2.22 bits per heavy atom. The predicted molar refractivity (Wildman–Crippen MR) is 37.6 cm³/mol. The molecular formula is C6H12O2S. The highest BCUT2D eigenvalue weighted by Crippen LogP contribution is 2.28. The Bertz CT molecular complexity index is 124. The van der Waals surface area contributed by atoms with E-state index in [0.717, 1.165) is 19.3 Å². The van der Waals surface area contributed by atoms with Crippen molar-refractivity contribution in [1.82, 2.24) is 0 Å². The van der Waals surface area contributed by atoms with Crippen molar-refractivity contribution in [1.29, 1.82) is 0 Å². The largest absolute Gasteiger partial charge is 0.306 e. The lowest BCUT2D eigenvalue weighted by atomic mass is 10.1. The monoisotopic (exact) mass is 148 g/mol. The molecule has 1 rings (SSSR count). The number of hydrogen-bond donors (Lipinski definition) is 1. The summed E-state index contributed by atoms with van der Waals surface area (Å²) < 4.78 is 19.2. The lowest BCUT2D eigenvalue weighted by Gasteiger charge is -2.08. The molecule has 1 aliphatic carbocycles. The molecule has 0 bridgehead atoms. The van der Waals surface area contributed by atoms with Crippen molar-refractivity contribution >= 4 is 11.1 Å². The van der Waals surface area contributed by atoms with Gasteiger partial charge < -0.3 is 4.55 Å². The quantitative estimate of drug-likeness (QED) is 0.571. The lowest BCUT2D eigenvalue weighted by Crippen LogP contribution is -2.16. The maximum Gasteiger partial charge on any atom is 0.156 e. The Hall–Kier alpha value is 0.110. The first-order valence-electron chi connectivity index (χ1n) is 3.31. The fourth-order valence-electron chi connectivity index (χ4n) is 1.41. The van der Waals surface area contributed by atoms with Crippen molar-refractivity contribution in [3.8, 4) is 0 Å². The molecule has 0 aromatic carbocycles. The van der Waals surface area contributed by atoms with E-state index in [1.54, 1.807) is 0 Å². The fourth-order valence-corrected chi connectivity index (χ4v) is 2.31. The van der Waals surface area contributed by atoms with Crippen molar-refractivity contribution in [2.24, 2.45) is 5.92 Å². The molecule has 1 fully saturated rings. The van der Waals surface area contributed by atoms with Gasteiger partial charge in [-0.25, -0.2) is 4.21 Å². The zero-order valence-electron chi connectivity index (χ0n) is 5.54. The Morgan fingerprint density at radius 1 is 1.56 bits per heavy atom. The summed E-state index contributed by atoms with van der Waals surface area (Å²) in [5.74, 6) is 0.454. The van der Waals surface area contributed by atoms with Crippen LogP contribution in [0.2, 0.25) is 0 Å². The van der Waals surface area contributed by atoms with Crippen LogP contribution < -0.4 is 0 Å². The van der Waals surface area contributed by atoms with Crippen molar-refractivity contribution < 1.29 is 8.76 Å². The molecule has 0 heterocycles. The summed E-state index contributed by atoms with van der Waals surface area (Å²) in [6, 6.07) is 0. The van der Waals surface area contributed by atoms with Crippen LogP contribution >= 0.6 is 0 Å². The van der Waals surface area contributed by atoms with Crippen LogP contribution in [0.3, 0.4) is 0 Å². The van der Waals surface area contributed by atoms with Gasteiger partial charge in [0.2, 0.25) is 0 Å². The van der Waals surface area contributed by atoms with E-state index in [1.165, 1.54) is 0 Å². The molecule has 3 heteroatoms. The molecule has 0 radical (unpaired) electrons. The summed E-state index contributed by atoms with van der Waals surface area (Å²) in [5.41, 5.74) is 0. The minimum Gasteiger partial charge on any atom is -0.306 e. The SMILES string of the molecule is CC1CCCC1S(=O)O. The van der Waals surface area contributed by atoms with E-state index < -0.39 is 11.1 Å². The molecule has 0 aromatic heterocycles. The van der Waals surface area contributed by atoms with Crippen LogP contribution in [0.5, 0.6) is 0 Å². The van der Waals surface area contributed by atoms with Crippen LogP contribution in [0.25, 0.3) is 0 Å². The van der Waals surface area contributed by atoms with E-state index in [4.69, 9.17) is 4.55 Å². The molecular weight excluding hydrogens is 136 g/mol. The first kappa shape index (κ1) is 7.22. The minimum absolute atomic E-state index is 0.0602. The van der Waals surface area contributed by atoms with Crippen molar-refractivity contribution in [3.63, 3.8) is 0 Å². The highest BCUT2D eigenvalue weighted by atomic mass is 32.2. The summed E-state index contributed by atoms with van der Waals surface area (Å²) in [6.07, 6.45) is 3.18. The molecule has 1 N–H and O–H groups in total. The van der Waals surface area contributed by atoms with Gasteiger partial charge in [0.1, 0.15) is 0 Å². The average molecular weight is 148 g/mol. The highest BCUT2D eigenvalue weighted by Gasteiger charge is 2.27. The zero-order chi connectivity index (χ0) is 6.85. The second-order valence-corrected chi connectivity index (χ2v) is 3.88. The Balaban J connectivity index is 2.49. The van der Waals surface area contributed by atoms with Crippen LogP contribution in [0, 0.1) is 5.92 Å². The highest BCUT2D eigenvalue weighted by molar-refractivity contribution is 7.79. The molecule has 1 saturated carbocycles. The zero-order valence-corrected chi connectivity index (χ0v) is 6.36. The predicted octanol–water partition coefficient (Wildman–Crippen LogP) is 1.40. The van der Waals surface area contributed by atoms with Gasteiger partial charge in [-0.15, -0.1) is 0 Å². The molecule has 1 aliphatic rings.